The number of nitrogens with one attached hydrogen (secondary N) is 1. The lowest BCUT2D eigenvalue weighted by Gasteiger charge is -2.15. The third kappa shape index (κ3) is 4.23. The third-order valence-electron chi connectivity index (χ3n) is 2.07. The number of rotatable bonds is 6. The zero-order chi connectivity index (χ0) is 12.0. The Labute approximate surface area is 102 Å². The first kappa shape index (κ1) is 13.0. The predicted molar refractivity (Wildman–Crippen MR) is 73.5 cm³/mol. The molecule has 0 aliphatic heterocycles. The minimum Gasteiger partial charge on any atom is -0.494 e. The van der Waals surface area contributed by atoms with Crippen molar-refractivity contribution in [1.82, 2.24) is 0 Å². The molecule has 0 aliphatic rings. The number of hydrogen-bond acceptors (Lipinski definition) is 4. The molecule has 0 heterocycles. The summed E-state index contributed by atoms with van der Waals surface area (Å²) in [6.07, 6.45) is 2.10. The van der Waals surface area contributed by atoms with E-state index in [0.717, 1.165) is 22.9 Å². The molecule has 0 saturated carbocycles. The van der Waals surface area contributed by atoms with Gasteiger partial charge in [-0.25, -0.2) is 0 Å². The van der Waals surface area contributed by atoms with Gasteiger partial charge in [-0.2, -0.15) is 11.8 Å². The van der Waals surface area contributed by atoms with Crippen molar-refractivity contribution in [3.63, 3.8) is 0 Å². The summed E-state index contributed by atoms with van der Waals surface area (Å²) in [5.41, 5.74) is 7.56. The van der Waals surface area contributed by atoms with Crippen LogP contribution in [-0.2, 0) is 0 Å². The van der Waals surface area contributed by atoms with Crippen molar-refractivity contribution in [3.05, 3.63) is 18.2 Å². The second-order valence-corrected chi connectivity index (χ2v) is 4.64. The van der Waals surface area contributed by atoms with Gasteiger partial charge in [-0.15, -0.1) is 0 Å². The second kappa shape index (κ2) is 6.53. The molecule has 0 saturated heterocycles. The van der Waals surface area contributed by atoms with Gasteiger partial charge in [-0.05, 0) is 26.2 Å². The van der Waals surface area contributed by atoms with E-state index in [2.05, 4.69) is 18.5 Å². The molecular formula is C12H20N2OS. The molecule has 1 atom stereocenters. The Hall–Kier alpha value is -1.03. The van der Waals surface area contributed by atoms with Crippen LogP contribution in [-0.4, -0.2) is 24.7 Å². The predicted octanol–water partition coefficient (Wildman–Crippen LogP) is 2.83. The standard InChI is InChI=1S/C12H20N2OS/c1-4-15-12-6-10(13)5-11(7-12)14-9(2)8-16-3/h5-7,9,14H,4,8,13H2,1-3H3. The normalized spacial score (nSPS) is 12.2. The molecule has 0 fully saturated rings. The van der Waals surface area contributed by atoms with Gasteiger partial charge in [0, 0.05) is 35.3 Å². The number of ether oxygens (including phenoxy) is 1. The van der Waals surface area contributed by atoms with E-state index in [1.807, 2.05) is 36.9 Å². The highest BCUT2D eigenvalue weighted by molar-refractivity contribution is 7.98. The van der Waals surface area contributed by atoms with Crippen molar-refractivity contribution in [2.24, 2.45) is 0 Å². The van der Waals surface area contributed by atoms with Crippen LogP contribution < -0.4 is 15.8 Å². The average molecular weight is 240 g/mol. The molecule has 1 aromatic rings. The zero-order valence-corrected chi connectivity index (χ0v) is 10.9. The van der Waals surface area contributed by atoms with Crippen molar-refractivity contribution >= 4 is 23.1 Å². The number of nitrogens with two attached hydrogens (primary N) is 1. The van der Waals surface area contributed by atoms with Gasteiger partial charge in [-0.1, -0.05) is 0 Å². The third-order valence-corrected chi connectivity index (χ3v) is 2.90. The maximum Gasteiger partial charge on any atom is 0.123 e. The lowest BCUT2D eigenvalue weighted by Crippen LogP contribution is -2.17. The first-order valence-corrected chi connectivity index (χ1v) is 6.84. The van der Waals surface area contributed by atoms with Crippen LogP contribution in [0.1, 0.15) is 13.8 Å². The summed E-state index contributed by atoms with van der Waals surface area (Å²) < 4.78 is 5.44. The summed E-state index contributed by atoms with van der Waals surface area (Å²) >= 11 is 1.82. The summed E-state index contributed by atoms with van der Waals surface area (Å²) in [5, 5.41) is 3.40. The minimum atomic E-state index is 0.422. The van der Waals surface area contributed by atoms with Crippen molar-refractivity contribution in [1.29, 1.82) is 0 Å². The average Bonchev–Trinajstić information content (AvgIpc) is 2.17. The topological polar surface area (TPSA) is 47.3 Å². The number of thioether (sulfide) groups is 1. The molecule has 1 rings (SSSR count). The van der Waals surface area contributed by atoms with E-state index in [1.165, 1.54) is 0 Å². The Morgan fingerprint density at radius 3 is 2.81 bits per heavy atom. The molecule has 4 heteroatoms. The van der Waals surface area contributed by atoms with Gasteiger partial charge in [0.25, 0.3) is 0 Å². The fraction of sp³-hybridized carbons (Fsp3) is 0.500. The molecule has 0 spiro atoms. The van der Waals surface area contributed by atoms with Crippen molar-refractivity contribution < 1.29 is 4.74 Å². The highest BCUT2D eigenvalue weighted by Gasteiger charge is 2.03. The smallest absolute Gasteiger partial charge is 0.123 e. The lowest BCUT2D eigenvalue weighted by atomic mass is 10.2. The van der Waals surface area contributed by atoms with Gasteiger partial charge in [0.15, 0.2) is 0 Å². The van der Waals surface area contributed by atoms with Crippen LogP contribution in [0.3, 0.4) is 0 Å². The molecule has 16 heavy (non-hydrogen) atoms. The second-order valence-electron chi connectivity index (χ2n) is 3.72. The summed E-state index contributed by atoms with van der Waals surface area (Å²) in [6.45, 7) is 4.77. The lowest BCUT2D eigenvalue weighted by molar-refractivity contribution is 0.340. The Kier molecular flexibility index (Phi) is 5.32. The van der Waals surface area contributed by atoms with E-state index in [1.54, 1.807) is 0 Å². The van der Waals surface area contributed by atoms with E-state index in [9.17, 15) is 0 Å². The SMILES string of the molecule is CCOc1cc(N)cc(NC(C)CSC)c1. The van der Waals surface area contributed by atoms with E-state index < -0.39 is 0 Å². The Balaban J connectivity index is 2.71. The van der Waals surface area contributed by atoms with E-state index >= 15 is 0 Å². The molecule has 1 aromatic carbocycles. The molecule has 3 N–H and O–H groups in total. The van der Waals surface area contributed by atoms with Crippen molar-refractivity contribution in [2.45, 2.75) is 19.9 Å². The van der Waals surface area contributed by atoms with Crippen molar-refractivity contribution in [3.8, 4) is 5.75 Å². The maximum atomic E-state index is 5.81. The van der Waals surface area contributed by atoms with Crippen LogP contribution in [0, 0.1) is 0 Å². The minimum absolute atomic E-state index is 0.422. The maximum absolute atomic E-state index is 5.81. The van der Waals surface area contributed by atoms with E-state index in [0.29, 0.717) is 12.6 Å². The van der Waals surface area contributed by atoms with Gasteiger partial charge < -0.3 is 15.8 Å². The van der Waals surface area contributed by atoms with Gasteiger partial charge in [0.05, 0.1) is 6.61 Å². The fourth-order valence-electron chi connectivity index (χ4n) is 1.53. The van der Waals surface area contributed by atoms with Crippen LogP contribution in [0.15, 0.2) is 18.2 Å². The highest BCUT2D eigenvalue weighted by Crippen LogP contribution is 2.23. The van der Waals surface area contributed by atoms with Crippen LogP contribution in [0.4, 0.5) is 11.4 Å². The van der Waals surface area contributed by atoms with Crippen LogP contribution in [0.5, 0.6) is 5.75 Å². The largest absolute Gasteiger partial charge is 0.494 e. The number of benzene rings is 1. The molecule has 0 aromatic heterocycles. The number of nitrogen functional groups attached to an aromatic ring is 1. The number of hydrogen-bond donors (Lipinski definition) is 2. The molecule has 1 unspecified atom stereocenters. The molecule has 90 valence electrons. The van der Waals surface area contributed by atoms with Gasteiger partial charge in [-0.3, -0.25) is 0 Å². The molecule has 0 amide bonds. The first-order chi connectivity index (χ1) is 7.65. The summed E-state index contributed by atoms with van der Waals surface area (Å²) in [7, 11) is 0. The Morgan fingerprint density at radius 1 is 1.44 bits per heavy atom. The zero-order valence-electron chi connectivity index (χ0n) is 10.1. The molecule has 0 radical (unpaired) electrons. The van der Waals surface area contributed by atoms with Crippen LogP contribution in [0.2, 0.25) is 0 Å². The molecule has 3 nitrogen and oxygen atoms in total. The monoisotopic (exact) mass is 240 g/mol. The van der Waals surface area contributed by atoms with Crippen molar-refractivity contribution in [2.75, 3.05) is 29.7 Å². The number of anilines is 2. The highest BCUT2D eigenvalue weighted by atomic mass is 32.2. The Bertz CT molecular complexity index is 331. The van der Waals surface area contributed by atoms with Crippen LogP contribution >= 0.6 is 11.8 Å². The van der Waals surface area contributed by atoms with E-state index in [4.69, 9.17) is 10.5 Å². The van der Waals surface area contributed by atoms with Crippen LogP contribution in [0.25, 0.3) is 0 Å². The summed E-state index contributed by atoms with van der Waals surface area (Å²) in [5.74, 6) is 1.89. The molecule has 0 aliphatic carbocycles. The van der Waals surface area contributed by atoms with Gasteiger partial charge in [0.1, 0.15) is 5.75 Å². The molecular weight excluding hydrogens is 220 g/mol. The van der Waals surface area contributed by atoms with Gasteiger partial charge >= 0.3 is 0 Å². The summed E-state index contributed by atoms with van der Waals surface area (Å²) in [4.78, 5) is 0. The fourth-order valence-corrected chi connectivity index (χ4v) is 2.11. The summed E-state index contributed by atoms with van der Waals surface area (Å²) in [6, 6.07) is 6.18. The van der Waals surface area contributed by atoms with E-state index in [-0.39, 0.29) is 0 Å². The quantitative estimate of drug-likeness (QED) is 0.751. The molecule has 0 bridgehead atoms. The Morgan fingerprint density at radius 2 is 2.19 bits per heavy atom. The first-order valence-electron chi connectivity index (χ1n) is 5.44. The van der Waals surface area contributed by atoms with Gasteiger partial charge in [0.2, 0.25) is 0 Å².